The molecular weight excluding hydrogens is 517 g/mol. The molecule has 2 aliphatic heterocycles. The Morgan fingerprint density at radius 2 is 1.52 bits per heavy atom. The number of aryl methyl sites for hydroxylation is 1. The lowest BCUT2D eigenvalue weighted by molar-refractivity contribution is -0.228. The summed E-state index contributed by atoms with van der Waals surface area (Å²) in [6, 6.07) is 20.3. The second-order valence-electron chi connectivity index (χ2n) is 10.6. The number of phenols is 1. The number of aliphatic hydroxyl groups is 4. The number of ether oxygens (including phenoxy) is 1. The summed E-state index contributed by atoms with van der Waals surface area (Å²) in [5, 5.41) is 51.1. The Labute approximate surface area is 231 Å². The van der Waals surface area contributed by atoms with Crippen molar-refractivity contribution in [2.24, 2.45) is 5.92 Å². The summed E-state index contributed by atoms with van der Waals surface area (Å²) < 4.78 is 18.9. The predicted molar refractivity (Wildman–Crippen MR) is 145 cm³/mol. The number of β-lactam (4-membered cyclic amide) rings is 1. The van der Waals surface area contributed by atoms with E-state index in [9.17, 15) is 34.7 Å². The van der Waals surface area contributed by atoms with Crippen LogP contribution in [0.25, 0.3) is 0 Å². The molecule has 0 aliphatic carbocycles. The molecule has 9 heteroatoms. The van der Waals surface area contributed by atoms with Gasteiger partial charge in [-0.05, 0) is 60.7 Å². The zero-order valence-corrected chi connectivity index (χ0v) is 21.9. The molecule has 0 spiro atoms. The zero-order chi connectivity index (χ0) is 28.4. The highest BCUT2D eigenvalue weighted by Gasteiger charge is 2.49. The molecule has 5 rings (SSSR count). The van der Waals surface area contributed by atoms with Crippen LogP contribution in [0.3, 0.4) is 0 Å². The number of carbonyl (C=O) groups is 1. The summed E-state index contributed by atoms with van der Waals surface area (Å²) >= 11 is 0. The number of aliphatic hydroxyl groups excluding tert-OH is 4. The highest BCUT2D eigenvalue weighted by atomic mass is 19.1. The van der Waals surface area contributed by atoms with Crippen LogP contribution < -0.4 is 4.90 Å². The van der Waals surface area contributed by atoms with E-state index in [2.05, 4.69) is 0 Å². The SMILES string of the molecule is O=C1[C@H](CCCc2ccc(F)cc2)[C@@H](c2ccc(C[C@@H]3OC(CO)[C@H](O)[C@H](O)C3O)cc2O)N1c1ccccc1. The van der Waals surface area contributed by atoms with Gasteiger partial charge in [0.25, 0.3) is 0 Å². The van der Waals surface area contributed by atoms with Crippen molar-refractivity contribution < 1.29 is 39.5 Å². The number of nitrogens with zero attached hydrogens (tertiary/aromatic N) is 1. The number of aromatic hydroxyl groups is 1. The smallest absolute Gasteiger partial charge is 0.233 e. The molecule has 3 aromatic carbocycles. The normalized spacial score (nSPS) is 28.4. The highest BCUT2D eigenvalue weighted by molar-refractivity contribution is 6.03. The number of phenolic OH excluding ortho intramolecular Hbond substituents is 1. The third kappa shape index (κ3) is 5.61. The molecule has 0 bridgehead atoms. The van der Waals surface area contributed by atoms with E-state index in [1.807, 2.05) is 30.3 Å². The van der Waals surface area contributed by atoms with Crippen LogP contribution in [0, 0.1) is 11.7 Å². The molecule has 1 amide bonds. The van der Waals surface area contributed by atoms with Crippen LogP contribution in [0.2, 0.25) is 0 Å². The first-order chi connectivity index (χ1) is 19.3. The number of anilines is 1. The Morgan fingerprint density at radius 1 is 0.850 bits per heavy atom. The van der Waals surface area contributed by atoms with Crippen LogP contribution in [0.4, 0.5) is 10.1 Å². The molecule has 2 fully saturated rings. The molecule has 8 nitrogen and oxygen atoms in total. The van der Waals surface area contributed by atoms with Gasteiger partial charge in [-0.2, -0.15) is 0 Å². The third-order valence-electron chi connectivity index (χ3n) is 7.98. The van der Waals surface area contributed by atoms with Crippen molar-refractivity contribution in [3.05, 3.63) is 95.3 Å². The molecule has 5 N–H and O–H groups in total. The van der Waals surface area contributed by atoms with Gasteiger partial charge in [-0.1, -0.05) is 42.5 Å². The number of para-hydroxylation sites is 1. The van der Waals surface area contributed by atoms with Crippen molar-refractivity contribution in [1.29, 1.82) is 0 Å². The summed E-state index contributed by atoms with van der Waals surface area (Å²) in [5.74, 6) is -0.672. The summed E-state index contributed by atoms with van der Waals surface area (Å²) in [6.07, 6.45) is -4.05. The molecule has 0 radical (unpaired) electrons. The van der Waals surface area contributed by atoms with Gasteiger partial charge in [0.2, 0.25) is 5.91 Å². The number of hydrogen-bond acceptors (Lipinski definition) is 7. The molecule has 40 heavy (non-hydrogen) atoms. The number of rotatable bonds is 9. The Bertz CT molecular complexity index is 1300. The van der Waals surface area contributed by atoms with Crippen LogP contribution in [-0.2, 0) is 22.4 Å². The van der Waals surface area contributed by atoms with E-state index in [0.29, 0.717) is 24.0 Å². The Balaban J connectivity index is 1.34. The summed E-state index contributed by atoms with van der Waals surface area (Å²) in [7, 11) is 0. The van der Waals surface area contributed by atoms with E-state index >= 15 is 0 Å². The van der Waals surface area contributed by atoms with Crippen LogP contribution in [0.5, 0.6) is 5.75 Å². The van der Waals surface area contributed by atoms with Crippen LogP contribution in [0.1, 0.15) is 35.6 Å². The maximum atomic E-state index is 13.3. The second kappa shape index (κ2) is 12.0. The lowest BCUT2D eigenvalue weighted by Gasteiger charge is -2.48. The average molecular weight is 552 g/mol. The zero-order valence-electron chi connectivity index (χ0n) is 21.9. The Hall–Kier alpha value is -3.34. The topological polar surface area (TPSA) is 131 Å². The van der Waals surface area contributed by atoms with Gasteiger partial charge in [-0.15, -0.1) is 0 Å². The highest BCUT2D eigenvalue weighted by Crippen LogP contribution is 2.48. The molecular formula is C31H34FNO7. The fourth-order valence-corrected chi connectivity index (χ4v) is 5.79. The largest absolute Gasteiger partial charge is 0.508 e. The number of amides is 1. The number of carbonyl (C=O) groups excluding carboxylic acids is 1. The number of benzene rings is 3. The average Bonchev–Trinajstić information content (AvgIpc) is 2.96. The fraction of sp³-hybridized carbons (Fsp3) is 0.387. The van der Waals surface area contributed by atoms with E-state index in [-0.39, 0.29) is 35.9 Å². The minimum Gasteiger partial charge on any atom is -0.508 e. The minimum atomic E-state index is -1.47. The van der Waals surface area contributed by atoms with Crippen molar-refractivity contribution in [3.63, 3.8) is 0 Å². The maximum Gasteiger partial charge on any atom is 0.233 e. The van der Waals surface area contributed by atoms with E-state index in [4.69, 9.17) is 4.74 Å². The molecule has 2 aliphatic rings. The van der Waals surface area contributed by atoms with Gasteiger partial charge in [0.15, 0.2) is 0 Å². The number of halogens is 1. The predicted octanol–water partition coefficient (Wildman–Crippen LogP) is 2.64. The summed E-state index contributed by atoms with van der Waals surface area (Å²) in [6.45, 7) is -0.515. The summed E-state index contributed by atoms with van der Waals surface area (Å²) in [4.78, 5) is 15.0. The maximum absolute atomic E-state index is 13.3. The quantitative estimate of drug-likeness (QED) is 0.259. The molecule has 3 aromatic rings. The first-order valence-corrected chi connectivity index (χ1v) is 13.5. The Kier molecular flexibility index (Phi) is 8.48. The van der Waals surface area contributed by atoms with Crippen molar-refractivity contribution in [2.45, 2.75) is 62.2 Å². The van der Waals surface area contributed by atoms with Gasteiger partial charge in [0, 0.05) is 17.7 Å². The lowest BCUT2D eigenvalue weighted by atomic mass is 9.78. The van der Waals surface area contributed by atoms with Crippen molar-refractivity contribution in [1.82, 2.24) is 0 Å². The molecule has 2 saturated heterocycles. The van der Waals surface area contributed by atoms with Crippen molar-refractivity contribution >= 4 is 11.6 Å². The molecule has 0 aromatic heterocycles. The van der Waals surface area contributed by atoms with E-state index in [1.165, 1.54) is 12.1 Å². The van der Waals surface area contributed by atoms with Crippen LogP contribution in [0.15, 0.2) is 72.8 Å². The standard InChI is InChI=1S/C31H34FNO7/c32-20-12-9-18(10-13-20)5-4-8-23-27(33(31(23)39)21-6-2-1-3-7-21)22-14-11-19(15-24(22)35)16-25-28(36)30(38)29(37)26(17-34)40-25/h1-3,6-7,9-15,23,25-30,34-38H,4-5,8,16-17H2/t23-,25+,26?,27-,28?,29+,30-/m1/s1. The monoisotopic (exact) mass is 551 g/mol. The van der Waals surface area contributed by atoms with Gasteiger partial charge in [0.1, 0.15) is 36.0 Å². The first-order valence-electron chi connectivity index (χ1n) is 13.5. The van der Waals surface area contributed by atoms with Gasteiger partial charge < -0.3 is 35.2 Å². The minimum absolute atomic E-state index is 0.0101. The van der Waals surface area contributed by atoms with Crippen LogP contribution in [-0.4, -0.2) is 68.6 Å². The Morgan fingerprint density at radius 3 is 2.20 bits per heavy atom. The van der Waals surface area contributed by atoms with Gasteiger partial charge in [-0.25, -0.2) is 4.39 Å². The van der Waals surface area contributed by atoms with Crippen molar-refractivity contribution in [2.75, 3.05) is 11.5 Å². The fourth-order valence-electron chi connectivity index (χ4n) is 5.79. The lowest BCUT2D eigenvalue weighted by Crippen LogP contribution is -2.59. The first kappa shape index (κ1) is 28.2. The van der Waals surface area contributed by atoms with Gasteiger partial charge in [0.05, 0.1) is 24.7 Å². The molecule has 2 heterocycles. The van der Waals surface area contributed by atoms with E-state index < -0.39 is 37.1 Å². The molecule has 212 valence electrons. The molecule has 2 unspecified atom stereocenters. The van der Waals surface area contributed by atoms with E-state index in [1.54, 1.807) is 35.2 Å². The number of hydrogen-bond donors (Lipinski definition) is 5. The second-order valence-corrected chi connectivity index (χ2v) is 10.6. The van der Waals surface area contributed by atoms with Gasteiger partial charge >= 0.3 is 0 Å². The van der Waals surface area contributed by atoms with Crippen molar-refractivity contribution in [3.8, 4) is 5.75 Å². The third-order valence-corrected chi connectivity index (χ3v) is 7.98. The summed E-state index contributed by atoms with van der Waals surface area (Å²) in [5.41, 5.74) is 2.94. The van der Waals surface area contributed by atoms with Crippen LogP contribution >= 0.6 is 0 Å². The van der Waals surface area contributed by atoms with Gasteiger partial charge in [-0.3, -0.25) is 4.79 Å². The molecule has 7 atom stereocenters. The molecule has 0 saturated carbocycles. The van der Waals surface area contributed by atoms with E-state index in [0.717, 1.165) is 17.7 Å².